The molecule has 3 amide bonds. The molecular formula is C21H22N6O8. The number of hydrogen-bond acceptors (Lipinski definition) is 9. The van der Waals surface area contributed by atoms with Crippen LogP contribution in [-0.2, 0) is 14.3 Å². The molecule has 14 nitrogen and oxygen atoms in total. The predicted octanol–water partition coefficient (Wildman–Crippen LogP) is -0.511. The van der Waals surface area contributed by atoms with E-state index in [4.69, 9.17) is 9.47 Å². The molecule has 0 fully saturated rings. The summed E-state index contributed by atoms with van der Waals surface area (Å²) in [5.41, 5.74) is 0.850. The Hall–Kier alpha value is -4.88. The van der Waals surface area contributed by atoms with E-state index in [0.29, 0.717) is 11.3 Å². The molecule has 1 aliphatic heterocycles. The van der Waals surface area contributed by atoms with E-state index < -0.39 is 47.7 Å². The first-order chi connectivity index (χ1) is 16.7. The van der Waals surface area contributed by atoms with Crippen molar-refractivity contribution in [3.05, 3.63) is 67.5 Å². The predicted molar refractivity (Wildman–Crippen MR) is 121 cm³/mol. The number of amides is 3. The number of carbonyl (C=O) groups excluding carboxylic acids is 3. The van der Waals surface area contributed by atoms with Crippen LogP contribution >= 0.6 is 0 Å². The second kappa shape index (κ2) is 10.8. The van der Waals surface area contributed by atoms with Gasteiger partial charge in [-0.05, 0) is 19.9 Å². The number of aromatic amines is 2. The molecule has 0 saturated carbocycles. The molecular weight excluding hydrogens is 464 g/mol. The first kappa shape index (κ1) is 24.8. The van der Waals surface area contributed by atoms with Gasteiger partial charge in [-0.15, -0.1) is 0 Å². The summed E-state index contributed by atoms with van der Waals surface area (Å²) in [7, 11) is 0. The van der Waals surface area contributed by atoms with Crippen molar-refractivity contribution in [1.29, 1.82) is 0 Å². The average Bonchev–Trinajstić information content (AvgIpc) is 2.79. The van der Waals surface area contributed by atoms with Crippen LogP contribution in [0.25, 0.3) is 0 Å². The number of carbonyl (C=O) groups is 3. The molecule has 2 aromatic rings. The molecule has 3 rings (SSSR count). The number of rotatable bonds is 8. The molecule has 2 heterocycles. The van der Waals surface area contributed by atoms with E-state index in [0.717, 1.165) is 6.21 Å². The molecule has 1 aliphatic rings. The summed E-state index contributed by atoms with van der Waals surface area (Å²) in [5, 5.41) is 18.3. The number of aromatic nitrogens is 2. The van der Waals surface area contributed by atoms with Crippen molar-refractivity contribution in [3.63, 3.8) is 0 Å². The molecule has 0 saturated heterocycles. The van der Waals surface area contributed by atoms with Crippen molar-refractivity contribution in [2.45, 2.75) is 19.9 Å². The molecule has 1 atom stereocenters. The summed E-state index contributed by atoms with van der Waals surface area (Å²) >= 11 is 0. The minimum absolute atomic E-state index is 0.137. The van der Waals surface area contributed by atoms with E-state index in [1.54, 1.807) is 38.1 Å². The summed E-state index contributed by atoms with van der Waals surface area (Å²) in [5.74, 6) is -1.84. The van der Waals surface area contributed by atoms with Gasteiger partial charge in [-0.25, -0.2) is 19.8 Å². The first-order valence-electron chi connectivity index (χ1n) is 10.3. The lowest BCUT2D eigenvalue weighted by Crippen LogP contribution is -2.45. The van der Waals surface area contributed by atoms with E-state index in [9.17, 15) is 29.1 Å². The topological polar surface area (TPSA) is 204 Å². The molecule has 0 radical (unpaired) electrons. The molecule has 0 unspecified atom stereocenters. The summed E-state index contributed by atoms with van der Waals surface area (Å²) in [6.07, 6.45) is 0.847. The second-order valence-corrected chi connectivity index (χ2v) is 7.08. The van der Waals surface area contributed by atoms with E-state index in [1.165, 1.54) is 0 Å². The Morgan fingerprint density at radius 2 is 1.94 bits per heavy atom. The van der Waals surface area contributed by atoms with Gasteiger partial charge in [0.15, 0.2) is 6.61 Å². The fourth-order valence-corrected chi connectivity index (χ4v) is 3.21. The summed E-state index contributed by atoms with van der Waals surface area (Å²) in [4.78, 5) is 63.4. The van der Waals surface area contributed by atoms with Gasteiger partial charge in [-0.1, -0.05) is 18.2 Å². The Kier molecular flexibility index (Phi) is 7.66. The van der Waals surface area contributed by atoms with Crippen LogP contribution in [0.3, 0.4) is 0 Å². The van der Waals surface area contributed by atoms with Crippen LogP contribution in [0.2, 0.25) is 0 Å². The van der Waals surface area contributed by atoms with Crippen LogP contribution in [0.5, 0.6) is 11.6 Å². The van der Waals surface area contributed by atoms with Crippen molar-refractivity contribution in [2.24, 2.45) is 5.10 Å². The lowest BCUT2D eigenvalue weighted by atomic mass is 9.95. The largest absolute Gasteiger partial charge is 0.494 e. The van der Waals surface area contributed by atoms with Gasteiger partial charge in [0, 0.05) is 11.3 Å². The number of allylic oxidation sites excluding steroid dienone is 1. The van der Waals surface area contributed by atoms with Crippen molar-refractivity contribution in [3.8, 4) is 11.6 Å². The number of aromatic hydroxyl groups is 1. The van der Waals surface area contributed by atoms with Gasteiger partial charge in [0.1, 0.15) is 11.3 Å². The summed E-state index contributed by atoms with van der Waals surface area (Å²) < 4.78 is 10.7. The minimum Gasteiger partial charge on any atom is -0.494 e. The fourth-order valence-electron chi connectivity index (χ4n) is 3.21. The maximum absolute atomic E-state index is 12.5. The van der Waals surface area contributed by atoms with Crippen LogP contribution in [0, 0.1) is 0 Å². The smallest absolute Gasteiger partial charge is 0.338 e. The van der Waals surface area contributed by atoms with Gasteiger partial charge < -0.3 is 25.2 Å². The summed E-state index contributed by atoms with van der Waals surface area (Å²) in [6, 6.07) is 5.07. The zero-order valence-corrected chi connectivity index (χ0v) is 18.6. The fraction of sp³-hybridized carbons (Fsp3) is 0.238. The number of para-hydroxylation sites is 1. The number of H-pyrrole nitrogens is 2. The van der Waals surface area contributed by atoms with Crippen LogP contribution in [0.15, 0.2) is 50.2 Å². The molecule has 1 aromatic heterocycles. The molecule has 0 spiro atoms. The molecule has 184 valence electrons. The molecule has 6 N–H and O–H groups in total. The highest BCUT2D eigenvalue weighted by Gasteiger charge is 2.33. The second-order valence-electron chi connectivity index (χ2n) is 7.08. The van der Waals surface area contributed by atoms with Gasteiger partial charge in [-0.3, -0.25) is 19.6 Å². The third kappa shape index (κ3) is 5.93. The molecule has 1 aromatic carbocycles. The van der Waals surface area contributed by atoms with Crippen molar-refractivity contribution in [1.82, 2.24) is 26.0 Å². The monoisotopic (exact) mass is 486 g/mol. The van der Waals surface area contributed by atoms with Gasteiger partial charge >= 0.3 is 17.7 Å². The number of esters is 1. The minimum atomic E-state index is -0.904. The molecule has 14 heteroatoms. The zero-order valence-electron chi connectivity index (χ0n) is 18.6. The van der Waals surface area contributed by atoms with E-state index in [2.05, 4.69) is 21.2 Å². The van der Waals surface area contributed by atoms with Gasteiger partial charge in [0.05, 0.1) is 24.4 Å². The van der Waals surface area contributed by atoms with Crippen LogP contribution in [-0.4, -0.2) is 52.4 Å². The number of hydrogen-bond donors (Lipinski definition) is 6. The highest BCUT2D eigenvalue weighted by Crippen LogP contribution is 2.33. The van der Waals surface area contributed by atoms with E-state index >= 15 is 0 Å². The van der Waals surface area contributed by atoms with Gasteiger partial charge in [0.25, 0.3) is 11.5 Å². The van der Waals surface area contributed by atoms with Crippen LogP contribution in [0.1, 0.15) is 31.0 Å². The Balaban J connectivity index is 1.74. The lowest BCUT2D eigenvalue weighted by molar-refractivity contribution is -0.139. The molecule has 35 heavy (non-hydrogen) atoms. The summed E-state index contributed by atoms with van der Waals surface area (Å²) in [6.45, 7) is 2.85. The van der Waals surface area contributed by atoms with Gasteiger partial charge in [-0.2, -0.15) is 5.10 Å². The highest BCUT2D eigenvalue weighted by molar-refractivity contribution is 5.95. The van der Waals surface area contributed by atoms with Crippen LogP contribution in [0.4, 0.5) is 4.79 Å². The number of ether oxygens (including phenoxy) is 2. The normalized spacial score (nSPS) is 15.4. The van der Waals surface area contributed by atoms with E-state index in [-0.39, 0.29) is 23.5 Å². The quantitative estimate of drug-likeness (QED) is 0.162. The number of urea groups is 1. The first-order valence-corrected chi connectivity index (χ1v) is 10.3. The van der Waals surface area contributed by atoms with Crippen LogP contribution < -0.4 is 32.0 Å². The Labute approximate surface area is 197 Å². The number of hydrazone groups is 1. The average molecular weight is 486 g/mol. The number of benzene rings is 1. The molecule has 0 aliphatic carbocycles. The van der Waals surface area contributed by atoms with E-state index in [1.807, 2.05) is 9.97 Å². The number of nitrogens with one attached hydrogen (secondary N) is 5. The zero-order chi connectivity index (χ0) is 25.5. The van der Waals surface area contributed by atoms with Crippen molar-refractivity contribution < 1.29 is 29.0 Å². The Morgan fingerprint density at radius 1 is 1.20 bits per heavy atom. The Morgan fingerprint density at radius 3 is 2.66 bits per heavy atom. The third-order valence-corrected chi connectivity index (χ3v) is 4.69. The molecule has 0 bridgehead atoms. The maximum Gasteiger partial charge on any atom is 0.338 e. The Bertz CT molecular complexity index is 1330. The van der Waals surface area contributed by atoms with Crippen molar-refractivity contribution >= 4 is 24.1 Å². The highest BCUT2D eigenvalue weighted by atomic mass is 16.5. The number of nitrogens with zero attached hydrogens (tertiary/aromatic N) is 1. The maximum atomic E-state index is 12.5. The SMILES string of the molecule is CCOC(=O)C1=C(C)NC(=O)N[C@H]1c1ccccc1OCC(=O)N/N=C\c1c(O)[nH]c(=O)[nH]c1=O. The lowest BCUT2D eigenvalue weighted by Gasteiger charge is -2.29. The third-order valence-electron chi connectivity index (χ3n) is 4.69. The standard InChI is InChI=1S/C21H22N6O8/c1-3-34-19(31)15-10(2)23-20(32)24-16(15)11-6-4-5-7-13(11)35-9-14(28)27-22-8-12-17(29)25-21(33)26-18(12)30/h4-8,16H,3,9H2,1-2H3,(H,27,28)(H2,23,24,32)(H3,25,26,29,30,33)/b22-8-/t16-/m0/s1. The van der Waals surface area contributed by atoms with Gasteiger partial charge in [0.2, 0.25) is 5.88 Å². The van der Waals surface area contributed by atoms with Crippen molar-refractivity contribution in [2.75, 3.05) is 13.2 Å².